The quantitative estimate of drug-likeness (QED) is 0.616. The Labute approximate surface area is 171 Å². The van der Waals surface area contributed by atoms with Crippen molar-refractivity contribution in [3.8, 4) is 0 Å². The summed E-state index contributed by atoms with van der Waals surface area (Å²) in [5.41, 5.74) is 9.97. The van der Waals surface area contributed by atoms with Crippen LogP contribution in [0.25, 0.3) is 11.0 Å². The van der Waals surface area contributed by atoms with Crippen molar-refractivity contribution in [2.75, 3.05) is 0 Å². The first-order valence-electron chi connectivity index (χ1n) is 8.74. The number of H-pyrrole nitrogens is 1. The molecule has 0 spiro atoms. The highest BCUT2D eigenvalue weighted by Gasteiger charge is 2.29. The number of imidazole rings is 1. The third-order valence-electron chi connectivity index (χ3n) is 5.04. The first-order valence-corrected chi connectivity index (χ1v) is 8.74. The highest BCUT2D eigenvalue weighted by Crippen LogP contribution is 2.28. The number of aromatic amines is 1. The Kier molecular flexibility index (Phi) is 7.25. The molecule has 4 rings (SSSR count). The second-order valence-electron chi connectivity index (χ2n) is 6.80. The number of aromatic nitrogens is 2. The van der Waals surface area contributed by atoms with Gasteiger partial charge in [0.1, 0.15) is 0 Å². The Balaban J connectivity index is 0.00000131. The molecule has 3 aromatic rings. The molecule has 1 fully saturated rings. The molecule has 1 aromatic heterocycles. The lowest BCUT2D eigenvalue weighted by Gasteiger charge is -2.22. The summed E-state index contributed by atoms with van der Waals surface area (Å²) in [5.74, 6) is 0.101. The zero-order valence-corrected chi connectivity index (χ0v) is 16.4. The predicted molar refractivity (Wildman–Crippen MR) is 112 cm³/mol. The molecule has 7 heteroatoms. The van der Waals surface area contributed by atoms with Gasteiger partial charge in [-0.1, -0.05) is 36.4 Å². The van der Waals surface area contributed by atoms with Crippen LogP contribution in [0.4, 0.5) is 0 Å². The number of hydrogen-bond donors (Lipinski definition) is 3. The van der Waals surface area contributed by atoms with E-state index in [1.165, 1.54) is 0 Å². The van der Waals surface area contributed by atoms with E-state index >= 15 is 0 Å². The number of fused-ring (bicyclic) bond motifs is 1. The molecule has 1 saturated carbocycles. The smallest absolute Gasteiger partial charge is 0.223 e. The molecule has 0 aliphatic heterocycles. The highest BCUT2D eigenvalue weighted by atomic mass is 35.5. The van der Waals surface area contributed by atoms with Gasteiger partial charge >= 0.3 is 0 Å². The minimum atomic E-state index is -0.182. The number of nitrogens with two attached hydrogens (primary N) is 1. The van der Waals surface area contributed by atoms with E-state index in [1.807, 2.05) is 42.5 Å². The summed E-state index contributed by atoms with van der Waals surface area (Å²) in [7, 11) is 0. The van der Waals surface area contributed by atoms with Crippen LogP contribution in [0.15, 0.2) is 54.9 Å². The number of benzene rings is 2. The Hall–Kier alpha value is -2.08. The third-order valence-corrected chi connectivity index (χ3v) is 5.04. The van der Waals surface area contributed by atoms with Crippen molar-refractivity contribution < 1.29 is 4.79 Å². The van der Waals surface area contributed by atoms with Crippen molar-refractivity contribution in [1.82, 2.24) is 15.3 Å². The Morgan fingerprint density at radius 2 is 1.89 bits per heavy atom. The standard InChI is InChI=1S/C20H22N4O.2ClH/c21-16-8-6-15(10-16)20(25)24-19(13-4-2-1-3-5-13)14-7-9-17-18(11-14)23-12-22-17;;/h1-5,7,9,11-12,15-16,19H,6,8,10,21H2,(H,22,23)(H,24,25);2*1H. The average Bonchev–Trinajstić information content (AvgIpc) is 3.28. The van der Waals surface area contributed by atoms with Crippen LogP contribution in [0.1, 0.15) is 36.4 Å². The molecule has 0 saturated heterocycles. The van der Waals surface area contributed by atoms with Gasteiger partial charge in [0.15, 0.2) is 0 Å². The molecule has 3 atom stereocenters. The number of halogens is 2. The van der Waals surface area contributed by atoms with E-state index in [0.717, 1.165) is 41.4 Å². The number of rotatable bonds is 4. The first kappa shape index (κ1) is 21.2. The summed E-state index contributed by atoms with van der Waals surface area (Å²) in [6.07, 6.45) is 4.25. The monoisotopic (exact) mass is 406 g/mol. The predicted octanol–water partition coefficient (Wildman–Crippen LogP) is 3.74. The molecule has 0 radical (unpaired) electrons. The SMILES string of the molecule is Cl.Cl.NC1CCC(C(=O)NC(c2ccccc2)c2ccc3nc[nH]c3c2)C1. The fourth-order valence-electron chi connectivity index (χ4n) is 3.65. The molecule has 1 aliphatic rings. The van der Waals surface area contributed by atoms with Crippen LogP contribution in [0.2, 0.25) is 0 Å². The van der Waals surface area contributed by atoms with Crippen LogP contribution >= 0.6 is 24.8 Å². The van der Waals surface area contributed by atoms with Gasteiger partial charge in [0.25, 0.3) is 0 Å². The Bertz CT molecular complexity index is 884. The fourth-order valence-corrected chi connectivity index (χ4v) is 3.65. The van der Waals surface area contributed by atoms with Crippen molar-refractivity contribution in [1.29, 1.82) is 0 Å². The maximum atomic E-state index is 12.8. The number of carbonyl (C=O) groups excluding carboxylic acids is 1. The van der Waals surface area contributed by atoms with Crippen molar-refractivity contribution >= 4 is 41.8 Å². The maximum absolute atomic E-state index is 12.8. The lowest BCUT2D eigenvalue weighted by molar-refractivity contribution is -0.125. The molecule has 0 bridgehead atoms. The van der Waals surface area contributed by atoms with Gasteiger partial charge in [-0.15, -0.1) is 24.8 Å². The van der Waals surface area contributed by atoms with Crippen molar-refractivity contribution in [2.45, 2.75) is 31.3 Å². The largest absolute Gasteiger partial charge is 0.345 e. The molecule has 1 amide bonds. The number of hydrogen-bond acceptors (Lipinski definition) is 3. The summed E-state index contributed by atoms with van der Waals surface area (Å²) in [4.78, 5) is 20.2. The van der Waals surface area contributed by atoms with Gasteiger partial charge < -0.3 is 16.0 Å². The zero-order valence-electron chi connectivity index (χ0n) is 14.8. The highest BCUT2D eigenvalue weighted by molar-refractivity contribution is 5.85. The second kappa shape index (κ2) is 9.22. The van der Waals surface area contributed by atoms with Crippen LogP contribution in [0, 0.1) is 5.92 Å². The average molecular weight is 407 g/mol. The number of amides is 1. The zero-order chi connectivity index (χ0) is 17.2. The molecular formula is C20H24Cl2N4O. The van der Waals surface area contributed by atoms with Gasteiger partial charge in [-0.3, -0.25) is 4.79 Å². The molecule has 1 heterocycles. The van der Waals surface area contributed by atoms with Crippen molar-refractivity contribution in [3.63, 3.8) is 0 Å². The van der Waals surface area contributed by atoms with Crippen LogP contribution < -0.4 is 11.1 Å². The normalized spacial score (nSPS) is 19.7. The number of nitrogens with one attached hydrogen (secondary N) is 2. The molecule has 27 heavy (non-hydrogen) atoms. The lowest BCUT2D eigenvalue weighted by atomic mass is 9.97. The third kappa shape index (κ3) is 4.61. The molecule has 4 N–H and O–H groups in total. The number of carbonyl (C=O) groups is 1. The summed E-state index contributed by atoms with van der Waals surface area (Å²) in [5, 5.41) is 3.24. The molecule has 144 valence electrons. The summed E-state index contributed by atoms with van der Waals surface area (Å²) < 4.78 is 0. The summed E-state index contributed by atoms with van der Waals surface area (Å²) >= 11 is 0. The molecule has 3 unspecified atom stereocenters. The topological polar surface area (TPSA) is 83.8 Å². The van der Waals surface area contributed by atoms with E-state index in [2.05, 4.69) is 21.4 Å². The van der Waals surface area contributed by atoms with Gasteiger partial charge in [-0.05, 0) is 42.5 Å². The van der Waals surface area contributed by atoms with E-state index in [1.54, 1.807) is 6.33 Å². The van der Waals surface area contributed by atoms with Gasteiger partial charge in [0.2, 0.25) is 5.91 Å². The van der Waals surface area contributed by atoms with Gasteiger partial charge in [0, 0.05) is 12.0 Å². The first-order chi connectivity index (χ1) is 12.2. The van der Waals surface area contributed by atoms with Gasteiger partial charge in [-0.2, -0.15) is 0 Å². The van der Waals surface area contributed by atoms with E-state index < -0.39 is 0 Å². The molecular weight excluding hydrogens is 383 g/mol. The number of nitrogens with zero attached hydrogens (tertiary/aromatic N) is 1. The van der Waals surface area contributed by atoms with Gasteiger partial charge in [-0.25, -0.2) is 4.98 Å². The van der Waals surface area contributed by atoms with E-state index in [4.69, 9.17) is 5.73 Å². The molecule has 5 nitrogen and oxygen atoms in total. The second-order valence-corrected chi connectivity index (χ2v) is 6.80. The fraction of sp³-hybridized carbons (Fsp3) is 0.300. The Morgan fingerprint density at radius 3 is 2.59 bits per heavy atom. The maximum Gasteiger partial charge on any atom is 0.223 e. The van der Waals surface area contributed by atoms with Crippen LogP contribution in [-0.2, 0) is 4.79 Å². The van der Waals surface area contributed by atoms with E-state index in [-0.39, 0.29) is 48.7 Å². The van der Waals surface area contributed by atoms with Crippen molar-refractivity contribution in [3.05, 3.63) is 66.0 Å². The van der Waals surface area contributed by atoms with E-state index in [0.29, 0.717) is 0 Å². The Morgan fingerprint density at radius 1 is 1.11 bits per heavy atom. The summed E-state index contributed by atoms with van der Waals surface area (Å²) in [6, 6.07) is 16.1. The molecule has 2 aromatic carbocycles. The lowest BCUT2D eigenvalue weighted by Crippen LogP contribution is -2.34. The van der Waals surface area contributed by atoms with Gasteiger partial charge in [0.05, 0.1) is 23.4 Å². The van der Waals surface area contributed by atoms with Crippen LogP contribution in [0.5, 0.6) is 0 Å². The minimum absolute atomic E-state index is 0. The van der Waals surface area contributed by atoms with Crippen LogP contribution in [0.3, 0.4) is 0 Å². The van der Waals surface area contributed by atoms with Crippen molar-refractivity contribution in [2.24, 2.45) is 11.7 Å². The minimum Gasteiger partial charge on any atom is -0.345 e. The summed E-state index contributed by atoms with van der Waals surface area (Å²) in [6.45, 7) is 0. The van der Waals surface area contributed by atoms with E-state index in [9.17, 15) is 4.79 Å². The molecule has 1 aliphatic carbocycles. The van der Waals surface area contributed by atoms with Crippen LogP contribution in [-0.4, -0.2) is 21.9 Å².